The molecular formula is C15H21N3S. The van der Waals surface area contributed by atoms with Gasteiger partial charge < -0.3 is 5.73 Å². The van der Waals surface area contributed by atoms with Gasteiger partial charge in [-0.15, -0.1) is 11.3 Å². The Hall–Kier alpha value is -1.23. The quantitative estimate of drug-likeness (QED) is 0.912. The van der Waals surface area contributed by atoms with Gasteiger partial charge in [-0.1, -0.05) is 23.8 Å². The number of aryl methyl sites for hydroxylation is 2. The van der Waals surface area contributed by atoms with Gasteiger partial charge in [-0.05, 0) is 32.0 Å². The summed E-state index contributed by atoms with van der Waals surface area (Å²) in [4.78, 5) is 6.62. The molecule has 0 saturated heterocycles. The molecule has 0 amide bonds. The summed E-state index contributed by atoms with van der Waals surface area (Å²) in [6.07, 6.45) is 0. The van der Waals surface area contributed by atoms with Crippen LogP contribution in [0.5, 0.6) is 0 Å². The molecule has 0 saturated carbocycles. The van der Waals surface area contributed by atoms with Gasteiger partial charge in [0.1, 0.15) is 0 Å². The second-order valence-corrected chi connectivity index (χ2v) is 5.73. The number of hydrogen-bond acceptors (Lipinski definition) is 4. The summed E-state index contributed by atoms with van der Waals surface area (Å²) in [6, 6.07) is 6.79. The van der Waals surface area contributed by atoms with Crippen LogP contribution in [0.1, 0.15) is 28.4 Å². The number of benzene rings is 1. The monoisotopic (exact) mass is 275 g/mol. The van der Waals surface area contributed by atoms with Crippen molar-refractivity contribution in [3.63, 3.8) is 0 Å². The zero-order valence-corrected chi connectivity index (χ0v) is 12.6. The Kier molecular flexibility index (Phi) is 4.69. The molecule has 0 aliphatic heterocycles. The average molecular weight is 275 g/mol. The standard InChI is InChI=1S/C15H21N3S/c1-11-4-5-12(2)14(6-11)15(7-16)18(3)8-13-9-19-10-17-13/h4-6,9-10,15H,7-8,16H2,1-3H3. The number of aromatic nitrogens is 1. The molecule has 0 bridgehead atoms. The largest absolute Gasteiger partial charge is 0.329 e. The minimum absolute atomic E-state index is 0.238. The molecule has 1 aromatic heterocycles. The lowest BCUT2D eigenvalue weighted by atomic mass is 9.98. The Morgan fingerprint density at radius 3 is 2.79 bits per heavy atom. The molecule has 1 unspecified atom stereocenters. The highest BCUT2D eigenvalue weighted by Gasteiger charge is 2.18. The fraction of sp³-hybridized carbons (Fsp3) is 0.400. The van der Waals surface area contributed by atoms with Gasteiger partial charge in [0.25, 0.3) is 0 Å². The summed E-state index contributed by atoms with van der Waals surface area (Å²) in [6.45, 7) is 5.72. The lowest BCUT2D eigenvalue weighted by Gasteiger charge is -2.28. The van der Waals surface area contributed by atoms with Gasteiger partial charge >= 0.3 is 0 Å². The van der Waals surface area contributed by atoms with E-state index < -0.39 is 0 Å². The third kappa shape index (κ3) is 3.41. The van der Waals surface area contributed by atoms with Gasteiger partial charge in [0.15, 0.2) is 0 Å². The van der Waals surface area contributed by atoms with Gasteiger partial charge in [-0.2, -0.15) is 0 Å². The Balaban J connectivity index is 2.21. The van der Waals surface area contributed by atoms with Crippen molar-refractivity contribution in [2.75, 3.05) is 13.6 Å². The number of hydrogen-bond donors (Lipinski definition) is 1. The molecule has 102 valence electrons. The molecule has 4 heteroatoms. The Morgan fingerprint density at radius 1 is 1.37 bits per heavy atom. The molecule has 2 N–H and O–H groups in total. The fourth-order valence-electron chi connectivity index (χ4n) is 2.34. The van der Waals surface area contributed by atoms with E-state index in [1.807, 2.05) is 5.51 Å². The van der Waals surface area contributed by atoms with Crippen LogP contribution in [0, 0.1) is 13.8 Å². The number of likely N-dealkylation sites (N-methyl/N-ethyl adjacent to an activating group) is 1. The zero-order chi connectivity index (χ0) is 13.8. The lowest BCUT2D eigenvalue weighted by Crippen LogP contribution is -2.30. The van der Waals surface area contributed by atoms with E-state index in [2.05, 4.69) is 54.4 Å². The molecule has 1 aromatic carbocycles. The first-order chi connectivity index (χ1) is 9.11. The summed E-state index contributed by atoms with van der Waals surface area (Å²) >= 11 is 1.63. The van der Waals surface area contributed by atoms with E-state index >= 15 is 0 Å². The number of rotatable bonds is 5. The van der Waals surface area contributed by atoms with E-state index in [-0.39, 0.29) is 6.04 Å². The fourth-order valence-corrected chi connectivity index (χ4v) is 2.89. The topological polar surface area (TPSA) is 42.1 Å². The normalized spacial score (nSPS) is 12.9. The Labute approximate surface area is 119 Å². The van der Waals surface area contributed by atoms with Crippen LogP contribution in [-0.4, -0.2) is 23.5 Å². The lowest BCUT2D eigenvalue weighted by molar-refractivity contribution is 0.239. The summed E-state index contributed by atoms with van der Waals surface area (Å²) in [7, 11) is 2.11. The van der Waals surface area contributed by atoms with Crippen LogP contribution in [0.2, 0.25) is 0 Å². The second-order valence-electron chi connectivity index (χ2n) is 5.01. The number of nitrogens with two attached hydrogens (primary N) is 1. The van der Waals surface area contributed by atoms with Crippen molar-refractivity contribution >= 4 is 11.3 Å². The third-order valence-electron chi connectivity index (χ3n) is 3.44. The van der Waals surface area contributed by atoms with Gasteiger partial charge in [-0.25, -0.2) is 4.98 Å². The van der Waals surface area contributed by atoms with Crippen molar-refractivity contribution in [1.82, 2.24) is 9.88 Å². The SMILES string of the molecule is Cc1ccc(C)c(C(CN)N(C)Cc2cscn2)c1. The molecule has 2 rings (SSSR count). The molecule has 0 aliphatic rings. The van der Waals surface area contributed by atoms with Gasteiger partial charge in [-0.3, -0.25) is 4.90 Å². The third-order valence-corrected chi connectivity index (χ3v) is 4.08. The van der Waals surface area contributed by atoms with Crippen LogP contribution in [0.3, 0.4) is 0 Å². The Morgan fingerprint density at radius 2 is 2.16 bits per heavy atom. The highest BCUT2D eigenvalue weighted by Crippen LogP contribution is 2.24. The van der Waals surface area contributed by atoms with Crippen LogP contribution in [0.4, 0.5) is 0 Å². The molecule has 19 heavy (non-hydrogen) atoms. The maximum Gasteiger partial charge on any atom is 0.0795 e. The molecule has 0 spiro atoms. The minimum Gasteiger partial charge on any atom is -0.329 e. The maximum absolute atomic E-state index is 5.99. The van der Waals surface area contributed by atoms with E-state index in [0.717, 1.165) is 12.2 Å². The maximum atomic E-state index is 5.99. The second kappa shape index (κ2) is 6.28. The van der Waals surface area contributed by atoms with E-state index in [1.54, 1.807) is 11.3 Å². The molecule has 0 radical (unpaired) electrons. The van der Waals surface area contributed by atoms with Crippen molar-refractivity contribution in [3.8, 4) is 0 Å². The van der Waals surface area contributed by atoms with Crippen LogP contribution in [0.25, 0.3) is 0 Å². The Bertz CT molecular complexity index is 522. The highest BCUT2D eigenvalue weighted by atomic mass is 32.1. The summed E-state index contributed by atoms with van der Waals surface area (Å²) in [5.41, 5.74) is 12.9. The van der Waals surface area contributed by atoms with Gasteiger partial charge in [0, 0.05) is 24.5 Å². The molecule has 0 fully saturated rings. The number of thiazole rings is 1. The first kappa shape index (κ1) is 14.2. The number of nitrogens with zero attached hydrogens (tertiary/aromatic N) is 2. The first-order valence-corrected chi connectivity index (χ1v) is 7.40. The minimum atomic E-state index is 0.238. The summed E-state index contributed by atoms with van der Waals surface area (Å²) in [5, 5.41) is 2.09. The smallest absolute Gasteiger partial charge is 0.0795 e. The molecule has 2 aromatic rings. The molecular weight excluding hydrogens is 254 g/mol. The van der Waals surface area contributed by atoms with Gasteiger partial charge in [0.2, 0.25) is 0 Å². The molecule has 0 aliphatic carbocycles. The van der Waals surface area contributed by atoms with Crippen molar-refractivity contribution in [3.05, 3.63) is 51.5 Å². The zero-order valence-electron chi connectivity index (χ0n) is 11.8. The van der Waals surface area contributed by atoms with Crippen molar-refractivity contribution < 1.29 is 0 Å². The predicted molar refractivity (Wildman–Crippen MR) is 81.3 cm³/mol. The van der Waals surface area contributed by atoms with Gasteiger partial charge in [0.05, 0.1) is 11.2 Å². The van der Waals surface area contributed by atoms with E-state index in [1.165, 1.54) is 16.7 Å². The predicted octanol–water partition coefficient (Wildman–Crippen LogP) is 2.89. The van der Waals surface area contributed by atoms with Crippen molar-refractivity contribution in [2.45, 2.75) is 26.4 Å². The summed E-state index contributed by atoms with van der Waals surface area (Å²) in [5.74, 6) is 0. The van der Waals surface area contributed by atoms with E-state index in [0.29, 0.717) is 6.54 Å². The average Bonchev–Trinajstić information content (AvgIpc) is 2.87. The van der Waals surface area contributed by atoms with E-state index in [4.69, 9.17) is 5.73 Å². The highest BCUT2D eigenvalue weighted by molar-refractivity contribution is 7.07. The van der Waals surface area contributed by atoms with Crippen LogP contribution < -0.4 is 5.73 Å². The van der Waals surface area contributed by atoms with Crippen LogP contribution >= 0.6 is 11.3 Å². The van der Waals surface area contributed by atoms with Crippen LogP contribution in [0.15, 0.2) is 29.1 Å². The molecule has 1 atom stereocenters. The summed E-state index contributed by atoms with van der Waals surface area (Å²) < 4.78 is 0. The molecule has 3 nitrogen and oxygen atoms in total. The van der Waals surface area contributed by atoms with Crippen molar-refractivity contribution in [1.29, 1.82) is 0 Å². The van der Waals surface area contributed by atoms with Crippen LogP contribution in [-0.2, 0) is 6.54 Å². The van der Waals surface area contributed by atoms with E-state index in [9.17, 15) is 0 Å². The first-order valence-electron chi connectivity index (χ1n) is 6.46. The van der Waals surface area contributed by atoms with Crippen molar-refractivity contribution in [2.24, 2.45) is 5.73 Å². The molecule has 1 heterocycles.